The minimum absolute atomic E-state index is 0.0586. The van der Waals surface area contributed by atoms with Crippen molar-refractivity contribution < 1.29 is 18.3 Å². The number of sulfonamides is 1. The number of hydrogen-bond acceptors (Lipinski definition) is 5. The lowest BCUT2D eigenvalue weighted by atomic mass is 9.91. The first-order valence-corrected chi connectivity index (χ1v) is 9.71. The molecule has 3 N–H and O–H groups in total. The van der Waals surface area contributed by atoms with Gasteiger partial charge in [-0.1, -0.05) is 18.2 Å². The number of aromatic nitrogens is 1. The maximum Gasteiger partial charge on any atom is 0.326 e. The van der Waals surface area contributed by atoms with Gasteiger partial charge in [0.15, 0.2) is 0 Å². The number of nitrogens with zero attached hydrogens (tertiary/aromatic N) is 2. The molecule has 9 heteroatoms. The Hall–Kier alpha value is -1.97. The number of benzene rings is 1. The summed E-state index contributed by atoms with van der Waals surface area (Å²) in [7, 11) is -4.13. The third-order valence-electron chi connectivity index (χ3n) is 4.28. The fourth-order valence-corrected chi connectivity index (χ4v) is 5.25. The first-order chi connectivity index (χ1) is 11.7. The van der Waals surface area contributed by atoms with Gasteiger partial charge in [-0.15, -0.1) is 0 Å². The van der Waals surface area contributed by atoms with Crippen molar-refractivity contribution in [1.82, 2.24) is 9.29 Å². The first-order valence-electron chi connectivity index (χ1n) is 7.47. The average Bonchev–Trinajstić information content (AvgIpc) is 2.56. The van der Waals surface area contributed by atoms with Crippen molar-refractivity contribution in [3.05, 3.63) is 51.6 Å². The Labute approximate surface area is 153 Å². The summed E-state index contributed by atoms with van der Waals surface area (Å²) in [5.74, 6) is -1.39. The molecule has 1 aromatic carbocycles. The van der Waals surface area contributed by atoms with Crippen molar-refractivity contribution in [3.8, 4) is 0 Å². The summed E-state index contributed by atoms with van der Waals surface area (Å²) in [6.45, 7) is 1.95. The van der Waals surface area contributed by atoms with Crippen molar-refractivity contribution in [2.24, 2.45) is 0 Å². The molecule has 7 nitrogen and oxygen atoms in total. The molecule has 2 heterocycles. The van der Waals surface area contributed by atoms with Crippen LogP contribution in [0.4, 0.5) is 5.82 Å². The highest BCUT2D eigenvalue weighted by atomic mass is 79.9. The highest BCUT2D eigenvalue weighted by molar-refractivity contribution is 9.10. The SMILES string of the molecule is Cc1cccc2c1CCN(S(=O)(=O)c1cc(Br)cnc1N)C2C(=O)O. The van der Waals surface area contributed by atoms with Crippen LogP contribution in [0.25, 0.3) is 0 Å². The van der Waals surface area contributed by atoms with Gasteiger partial charge < -0.3 is 10.8 Å². The van der Waals surface area contributed by atoms with E-state index >= 15 is 0 Å². The Balaban J connectivity index is 2.16. The Morgan fingerprint density at radius 3 is 2.84 bits per heavy atom. The molecule has 2 aromatic rings. The number of carboxylic acid groups (broad SMARTS) is 1. The molecule has 0 fully saturated rings. The quantitative estimate of drug-likeness (QED) is 0.777. The predicted octanol–water partition coefficient (Wildman–Crippen LogP) is 2.11. The molecule has 0 radical (unpaired) electrons. The van der Waals surface area contributed by atoms with Crippen LogP contribution < -0.4 is 5.73 Å². The molecule has 0 bridgehead atoms. The highest BCUT2D eigenvalue weighted by Gasteiger charge is 2.41. The number of anilines is 1. The number of hydrogen-bond donors (Lipinski definition) is 2. The summed E-state index contributed by atoms with van der Waals surface area (Å²) in [6, 6.07) is 5.31. The Morgan fingerprint density at radius 1 is 1.44 bits per heavy atom. The van der Waals surface area contributed by atoms with E-state index in [0.29, 0.717) is 16.5 Å². The van der Waals surface area contributed by atoms with Crippen molar-refractivity contribution in [2.75, 3.05) is 12.3 Å². The number of pyridine rings is 1. The van der Waals surface area contributed by atoms with Crippen LogP contribution in [0.5, 0.6) is 0 Å². The van der Waals surface area contributed by atoms with E-state index in [-0.39, 0.29) is 17.3 Å². The summed E-state index contributed by atoms with van der Waals surface area (Å²) in [5, 5.41) is 9.72. The van der Waals surface area contributed by atoms with Crippen LogP contribution in [0.15, 0.2) is 39.8 Å². The van der Waals surface area contributed by atoms with Crippen molar-refractivity contribution >= 4 is 37.7 Å². The molecule has 0 saturated heterocycles. The lowest BCUT2D eigenvalue weighted by Crippen LogP contribution is -2.43. The molecule has 0 saturated carbocycles. The van der Waals surface area contributed by atoms with Gasteiger partial charge in [0.05, 0.1) is 0 Å². The zero-order chi connectivity index (χ0) is 18.4. The van der Waals surface area contributed by atoms with Gasteiger partial charge in [0, 0.05) is 17.2 Å². The van der Waals surface area contributed by atoms with E-state index in [1.165, 1.54) is 12.3 Å². The minimum atomic E-state index is -4.13. The fourth-order valence-electron chi connectivity index (χ4n) is 3.11. The van der Waals surface area contributed by atoms with Gasteiger partial charge in [0.1, 0.15) is 16.8 Å². The molecule has 0 amide bonds. The van der Waals surface area contributed by atoms with Crippen LogP contribution in [0.2, 0.25) is 0 Å². The van der Waals surface area contributed by atoms with Crippen molar-refractivity contribution in [2.45, 2.75) is 24.3 Å². The topological polar surface area (TPSA) is 114 Å². The van der Waals surface area contributed by atoms with E-state index < -0.39 is 22.0 Å². The third-order valence-corrected chi connectivity index (χ3v) is 6.61. The van der Waals surface area contributed by atoms with Crippen LogP contribution >= 0.6 is 15.9 Å². The summed E-state index contributed by atoms with van der Waals surface area (Å²) in [5.41, 5.74) is 8.05. The molecule has 1 aromatic heterocycles. The molecule has 1 aliphatic heterocycles. The van der Waals surface area contributed by atoms with Crippen LogP contribution in [0.3, 0.4) is 0 Å². The second-order valence-corrected chi connectivity index (χ2v) is 8.56. The second-order valence-electron chi connectivity index (χ2n) is 5.79. The fraction of sp³-hybridized carbons (Fsp3) is 0.250. The first kappa shape index (κ1) is 17.8. The van der Waals surface area contributed by atoms with Gasteiger partial charge in [-0.05, 0) is 52.0 Å². The number of nitrogen functional groups attached to an aromatic ring is 1. The number of nitrogens with two attached hydrogens (primary N) is 1. The number of fused-ring (bicyclic) bond motifs is 1. The van der Waals surface area contributed by atoms with Gasteiger partial charge in [0.2, 0.25) is 10.0 Å². The second kappa shape index (κ2) is 6.40. The molecule has 0 spiro atoms. The Morgan fingerprint density at radius 2 is 2.16 bits per heavy atom. The van der Waals surface area contributed by atoms with Crippen LogP contribution in [0, 0.1) is 6.92 Å². The predicted molar refractivity (Wildman–Crippen MR) is 95.5 cm³/mol. The van der Waals surface area contributed by atoms with Gasteiger partial charge >= 0.3 is 5.97 Å². The zero-order valence-corrected chi connectivity index (χ0v) is 15.7. The number of halogens is 1. The third kappa shape index (κ3) is 3.03. The molecule has 1 atom stereocenters. The normalized spacial score (nSPS) is 17.9. The summed E-state index contributed by atoms with van der Waals surface area (Å²) in [4.78, 5) is 15.5. The van der Waals surface area contributed by atoms with Crippen molar-refractivity contribution in [1.29, 1.82) is 0 Å². The van der Waals surface area contributed by atoms with Crippen LogP contribution in [-0.2, 0) is 21.2 Å². The smallest absolute Gasteiger partial charge is 0.326 e. The average molecular weight is 426 g/mol. The Kier molecular flexibility index (Phi) is 4.56. The number of carbonyl (C=O) groups is 1. The van der Waals surface area contributed by atoms with E-state index in [2.05, 4.69) is 20.9 Å². The maximum absolute atomic E-state index is 13.1. The van der Waals surface area contributed by atoms with E-state index in [4.69, 9.17) is 5.73 Å². The lowest BCUT2D eigenvalue weighted by Gasteiger charge is -2.34. The van der Waals surface area contributed by atoms with Gasteiger partial charge in [-0.25, -0.2) is 13.4 Å². The number of aryl methyl sites for hydroxylation is 1. The standard InChI is InChI=1S/C16H16BrN3O4S/c1-9-3-2-4-12-11(9)5-6-20(14(12)16(21)22)25(23,24)13-7-10(17)8-19-15(13)18/h2-4,7-8,14H,5-6H2,1H3,(H2,18,19)(H,21,22). The van der Waals surface area contributed by atoms with Gasteiger partial charge in [0.25, 0.3) is 0 Å². The van der Waals surface area contributed by atoms with E-state index in [1.807, 2.05) is 13.0 Å². The molecule has 1 aliphatic rings. The maximum atomic E-state index is 13.1. The zero-order valence-electron chi connectivity index (χ0n) is 13.3. The van der Waals surface area contributed by atoms with E-state index in [9.17, 15) is 18.3 Å². The van der Waals surface area contributed by atoms with E-state index in [1.54, 1.807) is 12.1 Å². The molecule has 132 valence electrons. The minimum Gasteiger partial charge on any atom is -0.480 e. The number of aliphatic carboxylic acids is 1. The van der Waals surface area contributed by atoms with Crippen LogP contribution in [0.1, 0.15) is 22.7 Å². The largest absolute Gasteiger partial charge is 0.480 e. The lowest BCUT2D eigenvalue weighted by molar-refractivity contribution is -0.142. The summed E-state index contributed by atoms with van der Waals surface area (Å²) in [6.07, 6.45) is 1.82. The van der Waals surface area contributed by atoms with Gasteiger partial charge in [-0.3, -0.25) is 4.79 Å². The monoisotopic (exact) mass is 425 g/mol. The molecule has 25 heavy (non-hydrogen) atoms. The van der Waals surface area contributed by atoms with E-state index in [0.717, 1.165) is 15.4 Å². The summed E-state index contributed by atoms with van der Waals surface area (Å²) >= 11 is 3.17. The van der Waals surface area contributed by atoms with Gasteiger partial charge in [-0.2, -0.15) is 4.31 Å². The summed E-state index contributed by atoms with van der Waals surface area (Å²) < 4.78 is 27.6. The molecule has 3 rings (SSSR count). The molecule has 1 unspecified atom stereocenters. The van der Waals surface area contributed by atoms with Crippen LogP contribution in [-0.4, -0.2) is 35.3 Å². The number of rotatable bonds is 3. The molecular weight excluding hydrogens is 410 g/mol. The van der Waals surface area contributed by atoms with Crippen molar-refractivity contribution in [3.63, 3.8) is 0 Å². The number of carboxylic acids is 1. The molecule has 0 aliphatic carbocycles. The molecular formula is C16H16BrN3O4S. The highest BCUT2D eigenvalue weighted by Crippen LogP contribution is 2.37. The Bertz CT molecular complexity index is 962.